The first kappa shape index (κ1) is 12.9. The van der Waals surface area contributed by atoms with Gasteiger partial charge in [-0.05, 0) is 12.8 Å². The molecule has 1 aromatic heterocycles. The van der Waals surface area contributed by atoms with E-state index in [9.17, 15) is 18.0 Å². The summed E-state index contributed by atoms with van der Waals surface area (Å²) in [5, 5.41) is 2.61. The maximum Gasteiger partial charge on any atom is 0.433 e. The van der Waals surface area contributed by atoms with Gasteiger partial charge in [-0.25, -0.2) is 4.98 Å². The summed E-state index contributed by atoms with van der Waals surface area (Å²) in [5.74, 6) is -0.754. The molecule has 18 heavy (non-hydrogen) atoms. The van der Waals surface area contributed by atoms with Crippen LogP contribution in [0.4, 0.5) is 13.2 Å². The van der Waals surface area contributed by atoms with Gasteiger partial charge in [-0.2, -0.15) is 13.2 Å². The molecule has 1 fully saturated rings. The first-order valence-corrected chi connectivity index (χ1v) is 5.90. The highest BCUT2D eigenvalue weighted by molar-refractivity contribution is 5.93. The minimum atomic E-state index is -4.59. The molecule has 1 aliphatic carbocycles. The molecule has 2 rings (SSSR count). The van der Waals surface area contributed by atoms with Crippen molar-refractivity contribution < 1.29 is 18.0 Å². The number of H-pyrrole nitrogens is 1. The number of aromatic amines is 1. The van der Waals surface area contributed by atoms with Gasteiger partial charge in [0.2, 0.25) is 0 Å². The summed E-state index contributed by atoms with van der Waals surface area (Å²) in [6, 6.07) is -0.0379. The lowest BCUT2D eigenvalue weighted by molar-refractivity contribution is -0.141. The second-order valence-corrected chi connectivity index (χ2v) is 4.43. The Morgan fingerprint density at radius 3 is 2.61 bits per heavy atom. The summed E-state index contributed by atoms with van der Waals surface area (Å²) in [4.78, 5) is 17.2. The maximum atomic E-state index is 12.6. The van der Waals surface area contributed by atoms with Crippen molar-refractivity contribution in [1.82, 2.24) is 15.3 Å². The number of amides is 1. The van der Waals surface area contributed by atoms with Gasteiger partial charge in [-0.15, -0.1) is 0 Å². The Morgan fingerprint density at radius 2 is 2.00 bits per heavy atom. The molecule has 1 aromatic rings. The zero-order valence-electron chi connectivity index (χ0n) is 9.68. The molecule has 1 saturated carbocycles. The SMILES string of the molecule is O=C(NC1CCCCC1)c1nc[nH]c1C(F)(F)F. The van der Waals surface area contributed by atoms with Crippen LogP contribution < -0.4 is 5.32 Å². The lowest BCUT2D eigenvalue weighted by Gasteiger charge is -2.22. The Labute approximate surface area is 102 Å². The van der Waals surface area contributed by atoms with E-state index < -0.39 is 23.5 Å². The zero-order chi connectivity index (χ0) is 13.2. The number of carbonyl (C=O) groups is 1. The van der Waals surface area contributed by atoms with E-state index in [0.717, 1.165) is 38.4 Å². The molecule has 0 aromatic carbocycles. The van der Waals surface area contributed by atoms with E-state index in [1.807, 2.05) is 4.98 Å². The van der Waals surface area contributed by atoms with Crippen molar-refractivity contribution in [3.05, 3.63) is 17.7 Å². The van der Waals surface area contributed by atoms with Crippen molar-refractivity contribution in [2.24, 2.45) is 0 Å². The number of aromatic nitrogens is 2. The predicted octanol–water partition coefficient (Wildman–Crippen LogP) is 2.49. The molecule has 100 valence electrons. The molecule has 0 saturated heterocycles. The van der Waals surface area contributed by atoms with E-state index in [1.165, 1.54) is 0 Å². The lowest BCUT2D eigenvalue weighted by Crippen LogP contribution is -2.37. The van der Waals surface area contributed by atoms with E-state index in [-0.39, 0.29) is 6.04 Å². The van der Waals surface area contributed by atoms with Gasteiger partial charge in [-0.1, -0.05) is 19.3 Å². The van der Waals surface area contributed by atoms with Crippen LogP contribution in [-0.2, 0) is 6.18 Å². The average Bonchev–Trinajstić information content (AvgIpc) is 2.79. The highest BCUT2D eigenvalue weighted by Crippen LogP contribution is 2.29. The second-order valence-electron chi connectivity index (χ2n) is 4.43. The zero-order valence-corrected chi connectivity index (χ0v) is 9.68. The van der Waals surface area contributed by atoms with Gasteiger partial charge in [0, 0.05) is 6.04 Å². The van der Waals surface area contributed by atoms with Gasteiger partial charge >= 0.3 is 6.18 Å². The monoisotopic (exact) mass is 261 g/mol. The number of imidazole rings is 1. The standard InChI is InChI=1S/C11H14F3N3O/c12-11(13,14)9-8(15-6-16-9)10(18)17-7-4-2-1-3-5-7/h6-7H,1-5H2,(H,15,16)(H,17,18). The van der Waals surface area contributed by atoms with Gasteiger partial charge < -0.3 is 10.3 Å². The van der Waals surface area contributed by atoms with Crippen LogP contribution in [0.15, 0.2) is 6.33 Å². The average molecular weight is 261 g/mol. The smallest absolute Gasteiger partial charge is 0.348 e. The molecular weight excluding hydrogens is 247 g/mol. The quantitative estimate of drug-likeness (QED) is 0.859. The van der Waals surface area contributed by atoms with Crippen LogP contribution in [0, 0.1) is 0 Å². The van der Waals surface area contributed by atoms with E-state index in [2.05, 4.69) is 10.3 Å². The van der Waals surface area contributed by atoms with Crippen molar-refractivity contribution >= 4 is 5.91 Å². The number of nitrogens with one attached hydrogen (secondary N) is 2. The Bertz CT molecular complexity index is 421. The molecule has 0 aliphatic heterocycles. The lowest BCUT2D eigenvalue weighted by atomic mass is 9.95. The number of nitrogens with zero attached hydrogens (tertiary/aromatic N) is 1. The molecular formula is C11H14F3N3O. The Kier molecular flexibility index (Phi) is 3.58. The highest BCUT2D eigenvalue weighted by atomic mass is 19.4. The van der Waals surface area contributed by atoms with Crippen LogP contribution in [-0.4, -0.2) is 21.9 Å². The van der Waals surface area contributed by atoms with Crippen molar-refractivity contribution in [2.75, 3.05) is 0 Å². The van der Waals surface area contributed by atoms with Crippen molar-refractivity contribution in [3.63, 3.8) is 0 Å². The number of alkyl halides is 3. The Morgan fingerprint density at radius 1 is 1.33 bits per heavy atom. The molecule has 1 amide bonds. The van der Waals surface area contributed by atoms with Crippen LogP contribution in [0.2, 0.25) is 0 Å². The van der Waals surface area contributed by atoms with Crippen molar-refractivity contribution in [1.29, 1.82) is 0 Å². The fourth-order valence-corrected chi connectivity index (χ4v) is 2.18. The van der Waals surface area contributed by atoms with Crippen LogP contribution in [0.3, 0.4) is 0 Å². The van der Waals surface area contributed by atoms with Crippen LogP contribution in [0.5, 0.6) is 0 Å². The molecule has 7 heteroatoms. The molecule has 4 nitrogen and oxygen atoms in total. The van der Waals surface area contributed by atoms with E-state index in [1.54, 1.807) is 0 Å². The molecule has 1 heterocycles. The summed E-state index contributed by atoms with van der Waals surface area (Å²) < 4.78 is 37.7. The highest BCUT2D eigenvalue weighted by Gasteiger charge is 2.38. The van der Waals surface area contributed by atoms with Gasteiger partial charge in [-0.3, -0.25) is 4.79 Å². The number of carbonyl (C=O) groups excluding carboxylic acids is 1. The van der Waals surface area contributed by atoms with E-state index in [4.69, 9.17) is 0 Å². The van der Waals surface area contributed by atoms with Crippen molar-refractivity contribution in [3.8, 4) is 0 Å². The summed E-state index contributed by atoms with van der Waals surface area (Å²) in [7, 11) is 0. The molecule has 1 aliphatic rings. The molecule has 0 bridgehead atoms. The summed E-state index contributed by atoms with van der Waals surface area (Å²) in [6.45, 7) is 0. The second kappa shape index (κ2) is 4.99. The third-order valence-corrected chi connectivity index (χ3v) is 3.08. The number of hydrogen-bond acceptors (Lipinski definition) is 2. The van der Waals surface area contributed by atoms with E-state index >= 15 is 0 Å². The number of hydrogen-bond donors (Lipinski definition) is 2. The third-order valence-electron chi connectivity index (χ3n) is 3.08. The number of rotatable bonds is 2. The van der Waals surface area contributed by atoms with Gasteiger partial charge in [0.05, 0.1) is 6.33 Å². The van der Waals surface area contributed by atoms with Gasteiger partial charge in [0.15, 0.2) is 11.4 Å². The summed E-state index contributed by atoms with van der Waals surface area (Å²) >= 11 is 0. The Hall–Kier alpha value is -1.53. The maximum absolute atomic E-state index is 12.6. The number of halogens is 3. The largest absolute Gasteiger partial charge is 0.433 e. The molecule has 0 spiro atoms. The minimum Gasteiger partial charge on any atom is -0.348 e. The normalized spacial score (nSPS) is 17.7. The van der Waals surface area contributed by atoms with Crippen molar-refractivity contribution in [2.45, 2.75) is 44.3 Å². The van der Waals surface area contributed by atoms with Crippen LogP contribution >= 0.6 is 0 Å². The van der Waals surface area contributed by atoms with Gasteiger partial charge in [0.1, 0.15) is 0 Å². The minimum absolute atomic E-state index is 0.0379. The first-order valence-electron chi connectivity index (χ1n) is 5.90. The summed E-state index contributed by atoms with van der Waals surface area (Å²) in [6.07, 6.45) is 1.04. The van der Waals surface area contributed by atoms with Crippen LogP contribution in [0.25, 0.3) is 0 Å². The summed E-state index contributed by atoms with van der Waals surface area (Å²) in [5.41, 5.74) is -1.66. The third kappa shape index (κ3) is 2.83. The van der Waals surface area contributed by atoms with E-state index in [0.29, 0.717) is 0 Å². The molecule has 2 N–H and O–H groups in total. The fraction of sp³-hybridized carbons (Fsp3) is 0.636. The predicted molar refractivity (Wildman–Crippen MR) is 57.9 cm³/mol. The van der Waals surface area contributed by atoms with Crippen LogP contribution in [0.1, 0.15) is 48.3 Å². The van der Waals surface area contributed by atoms with Gasteiger partial charge in [0.25, 0.3) is 5.91 Å². The first-order chi connectivity index (χ1) is 8.48. The Balaban J connectivity index is 2.07. The molecule has 0 unspecified atom stereocenters. The topological polar surface area (TPSA) is 57.8 Å². The fourth-order valence-electron chi connectivity index (χ4n) is 2.18. The molecule has 0 atom stereocenters. The molecule has 0 radical (unpaired) electrons.